The Hall–Kier alpha value is -1.72. The van der Waals surface area contributed by atoms with Crippen LogP contribution in [0.15, 0.2) is 47.6 Å². The number of aliphatic imine (C=N–C) groups is 1. The average molecular weight is 360 g/mol. The maximum atomic E-state index is 6.29. The Labute approximate surface area is 150 Å². The van der Waals surface area contributed by atoms with E-state index in [-0.39, 0.29) is 12.1 Å². The molecule has 124 valence electrons. The second kappa shape index (κ2) is 6.30. The average Bonchev–Trinajstić information content (AvgIpc) is 3.11. The van der Waals surface area contributed by atoms with E-state index in [2.05, 4.69) is 16.8 Å². The van der Waals surface area contributed by atoms with Crippen LogP contribution in [-0.4, -0.2) is 34.0 Å². The zero-order valence-electron chi connectivity index (χ0n) is 13.5. The zero-order chi connectivity index (χ0) is 16.7. The third-order valence-electron chi connectivity index (χ3n) is 4.39. The van der Waals surface area contributed by atoms with Crippen molar-refractivity contribution in [3.05, 3.63) is 58.9 Å². The largest absolute Gasteiger partial charge is 0.496 e. The SMILES string of the molecule is COc1ccc(Cl)cc1[C@@H]1[C@@H](c2ccccn2)N=C2S[C@H](C)CN21. The fourth-order valence-corrected chi connectivity index (χ4v) is 4.66. The van der Waals surface area contributed by atoms with Crippen molar-refractivity contribution in [1.82, 2.24) is 9.88 Å². The van der Waals surface area contributed by atoms with Crippen molar-refractivity contribution >= 4 is 28.5 Å². The molecule has 2 aromatic rings. The quantitative estimate of drug-likeness (QED) is 0.817. The molecule has 1 fully saturated rings. The van der Waals surface area contributed by atoms with Gasteiger partial charge in [-0.15, -0.1) is 0 Å². The van der Waals surface area contributed by atoms with Gasteiger partial charge >= 0.3 is 0 Å². The summed E-state index contributed by atoms with van der Waals surface area (Å²) >= 11 is 8.11. The molecule has 6 heteroatoms. The zero-order valence-corrected chi connectivity index (χ0v) is 15.1. The van der Waals surface area contributed by atoms with Gasteiger partial charge in [0, 0.05) is 28.6 Å². The number of methoxy groups -OCH3 is 1. The molecule has 2 aliphatic heterocycles. The van der Waals surface area contributed by atoms with Crippen LogP contribution in [0.25, 0.3) is 0 Å². The molecule has 0 radical (unpaired) electrons. The van der Waals surface area contributed by atoms with Crippen molar-refractivity contribution in [2.24, 2.45) is 4.99 Å². The summed E-state index contributed by atoms with van der Waals surface area (Å²) in [6.07, 6.45) is 1.82. The van der Waals surface area contributed by atoms with Gasteiger partial charge in [-0.1, -0.05) is 36.4 Å². The molecule has 0 amide bonds. The van der Waals surface area contributed by atoms with Crippen molar-refractivity contribution in [1.29, 1.82) is 0 Å². The van der Waals surface area contributed by atoms with Gasteiger partial charge in [0.1, 0.15) is 11.8 Å². The highest BCUT2D eigenvalue weighted by molar-refractivity contribution is 8.14. The van der Waals surface area contributed by atoms with Gasteiger partial charge in [0.15, 0.2) is 5.17 Å². The van der Waals surface area contributed by atoms with Crippen molar-refractivity contribution < 1.29 is 4.74 Å². The lowest BCUT2D eigenvalue weighted by atomic mass is 9.95. The van der Waals surface area contributed by atoms with E-state index in [4.69, 9.17) is 21.3 Å². The van der Waals surface area contributed by atoms with Gasteiger partial charge in [0.05, 0.1) is 18.8 Å². The van der Waals surface area contributed by atoms with Crippen LogP contribution in [0.4, 0.5) is 0 Å². The van der Waals surface area contributed by atoms with Gasteiger partial charge in [-0.2, -0.15) is 0 Å². The van der Waals surface area contributed by atoms with E-state index in [1.54, 1.807) is 7.11 Å². The Bertz CT molecular complexity index is 783. The van der Waals surface area contributed by atoms with Crippen LogP contribution in [0.5, 0.6) is 5.75 Å². The molecule has 0 unspecified atom stereocenters. The van der Waals surface area contributed by atoms with Crippen LogP contribution in [0.3, 0.4) is 0 Å². The molecular weight excluding hydrogens is 342 g/mol. The molecule has 0 N–H and O–H groups in total. The summed E-state index contributed by atoms with van der Waals surface area (Å²) in [7, 11) is 1.70. The maximum absolute atomic E-state index is 6.29. The Morgan fingerprint density at radius 2 is 2.17 bits per heavy atom. The Kier molecular flexibility index (Phi) is 4.14. The summed E-state index contributed by atoms with van der Waals surface area (Å²) in [4.78, 5) is 11.9. The second-order valence-electron chi connectivity index (χ2n) is 6.02. The number of rotatable bonds is 3. The first-order valence-electron chi connectivity index (χ1n) is 7.93. The van der Waals surface area contributed by atoms with Gasteiger partial charge in [-0.05, 0) is 30.3 Å². The molecule has 24 heavy (non-hydrogen) atoms. The standard InChI is InChI=1S/C18H18ClN3OS/c1-11-10-22-17(13-9-12(19)6-7-15(13)23-2)16(21-18(22)24-11)14-5-3-4-8-20-14/h3-9,11,16-17H,10H2,1-2H3/t11-,16-,17-/m1/s1. The maximum Gasteiger partial charge on any atom is 0.160 e. The molecule has 0 spiro atoms. The minimum atomic E-state index is -0.0476. The summed E-state index contributed by atoms with van der Waals surface area (Å²) in [6, 6.07) is 11.8. The summed E-state index contributed by atoms with van der Waals surface area (Å²) in [5, 5.41) is 2.32. The van der Waals surface area contributed by atoms with Gasteiger partial charge in [0.2, 0.25) is 0 Å². The van der Waals surface area contributed by atoms with E-state index in [0.717, 1.165) is 28.7 Å². The van der Waals surface area contributed by atoms with E-state index < -0.39 is 0 Å². The van der Waals surface area contributed by atoms with Gasteiger partial charge < -0.3 is 9.64 Å². The van der Waals surface area contributed by atoms with Crippen LogP contribution in [0, 0.1) is 0 Å². The number of nitrogens with zero attached hydrogens (tertiary/aromatic N) is 3. The number of amidine groups is 1. The fraction of sp³-hybridized carbons (Fsp3) is 0.333. The molecule has 0 aliphatic carbocycles. The number of ether oxygens (including phenoxy) is 1. The monoisotopic (exact) mass is 359 g/mol. The minimum Gasteiger partial charge on any atom is -0.496 e. The van der Waals surface area contributed by atoms with Crippen LogP contribution in [0.2, 0.25) is 5.02 Å². The lowest BCUT2D eigenvalue weighted by Gasteiger charge is -2.28. The van der Waals surface area contributed by atoms with Crippen LogP contribution in [-0.2, 0) is 0 Å². The molecule has 3 heterocycles. The predicted octanol–water partition coefficient (Wildman–Crippen LogP) is 4.33. The number of hydrogen-bond donors (Lipinski definition) is 0. The van der Waals surface area contributed by atoms with Gasteiger partial charge in [0.25, 0.3) is 0 Å². The molecule has 1 aromatic heterocycles. The molecule has 4 rings (SSSR count). The second-order valence-corrected chi connectivity index (χ2v) is 7.87. The number of pyridine rings is 1. The molecule has 0 saturated carbocycles. The highest BCUT2D eigenvalue weighted by Gasteiger charge is 2.44. The van der Waals surface area contributed by atoms with Crippen molar-refractivity contribution in [2.75, 3.05) is 13.7 Å². The van der Waals surface area contributed by atoms with E-state index in [1.165, 1.54) is 0 Å². The Morgan fingerprint density at radius 1 is 1.29 bits per heavy atom. The van der Waals surface area contributed by atoms with Crippen molar-refractivity contribution in [3.8, 4) is 5.75 Å². The number of halogens is 1. The van der Waals surface area contributed by atoms with Crippen molar-refractivity contribution in [3.63, 3.8) is 0 Å². The lowest BCUT2D eigenvalue weighted by Crippen LogP contribution is -2.28. The van der Waals surface area contributed by atoms with E-state index in [1.807, 2.05) is 54.4 Å². The van der Waals surface area contributed by atoms with E-state index in [9.17, 15) is 0 Å². The third kappa shape index (κ3) is 2.66. The highest BCUT2D eigenvalue weighted by atomic mass is 35.5. The minimum absolute atomic E-state index is 0.0476. The molecule has 1 saturated heterocycles. The summed E-state index contributed by atoms with van der Waals surface area (Å²) < 4.78 is 5.61. The van der Waals surface area contributed by atoms with Gasteiger partial charge in [-0.25, -0.2) is 0 Å². The normalized spacial score (nSPS) is 25.5. The summed E-state index contributed by atoms with van der Waals surface area (Å²) in [5.41, 5.74) is 2.04. The molecule has 1 aromatic carbocycles. The molecular formula is C18H18ClN3OS. The first kappa shape index (κ1) is 15.8. The fourth-order valence-electron chi connectivity index (χ4n) is 3.39. The topological polar surface area (TPSA) is 37.7 Å². The van der Waals surface area contributed by atoms with E-state index >= 15 is 0 Å². The predicted molar refractivity (Wildman–Crippen MR) is 98.9 cm³/mol. The number of aromatic nitrogens is 1. The Balaban J connectivity index is 1.83. The van der Waals surface area contributed by atoms with Crippen LogP contribution in [0.1, 0.15) is 30.3 Å². The first-order chi connectivity index (χ1) is 11.7. The van der Waals surface area contributed by atoms with Crippen LogP contribution >= 0.6 is 23.4 Å². The van der Waals surface area contributed by atoms with Gasteiger partial charge in [-0.3, -0.25) is 9.98 Å². The molecule has 0 bridgehead atoms. The number of fused-ring (bicyclic) bond motifs is 1. The summed E-state index contributed by atoms with van der Waals surface area (Å²) in [6.45, 7) is 3.20. The number of benzene rings is 1. The number of hydrogen-bond acceptors (Lipinski definition) is 5. The summed E-state index contributed by atoms with van der Waals surface area (Å²) in [5.74, 6) is 0.839. The van der Waals surface area contributed by atoms with Crippen LogP contribution < -0.4 is 4.74 Å². The molecule has 2 aliphatic rings. The molecule has 3 atom stereocenters. The lowest BCUT2D eigenvalue weighted by molar-refractivity contribution is 0.307. The van der Waals surface area contributed by atoms with E-state index in [0.29, 0.717) is 10.3 Å². The smallest absolute Gasteiger partial charge is 0.160 e. The highest BCUT2D eigenvalue weighted by Crippen LogP contribution is 2.49. The Morgan fingerprint density at radius 3 is 2.92 bits per heavy atom. The number of thioether (sulfide) groups is 1. The van der Waals surface area contributed by atoms with Crippen molar-refractivity contribution in [2.45, 2.75) is 24.3 Å². The third-order valence-corrected chi connectivity index (χ3v) is 5.73. The molecule has 4 nitrogen and oxygen atoms in total. The first-order valence-corrected chi connectivity index (χ1v) is 9.18.